The Kier molecular flexibility index (Phi) is 3.89. The van der Waals surface area contributed by atoms with Gasteiger partial charge in [0.05, 0.1) is 0 Å². The molecule has 0 unspecified atom stereocenters. The van der Waals surface area contributed by atoms with Crippen molar-refractivity contribution in [2.45, 2.75) is 19.8 Å². The van der Waals surface area contributed by atoms with Crippen molar-refractivity contribution >= 4 is 11.6 Å². The third kappa shape index (κ3) is 3.10. The van der Waals surface area contributed by atoms with E-state index in [4.69, 9.17) is 11.6 Å². The molecule has 1 aromatic rings. The smallest absolute Gasteiger partial charge is 0.00318 e. The van der Waals surface area contributed by atoms with E-state index in [0.29, 0.717) is 0 Å². The first kappa shape index (κ1) is 9.34. The molecule has 0 aliphatic rings. The maximum absolute atomic E-state index is 5.56. The Morgan fingerprint density at radius 2 is 2.00 bits per heavy atom. The van der Waals surface area contributed by atoms with Gasteiger partial charge in [-0.25, -0.2) is 0 Å². The first-order chi connectivity index (χ1) is 5.83. The molecule has 0 fully saturated rings. The van der Waals surface area contributed by atoms with Gasteiger partial charge in [0.2, 0.25) is 0 Å². The van der Waals surface area contributed by atoms with Gasteiger partial charge in [0.1, 0.15) is 0 Å². The number of rotatable bonds is 3. The second kappa shape index (κ2) is 5.00. The van der Waals surface area contributed by atoms with Crippen LogP contribution in [0.4, 0.5) is 0 Å². The Morgan fingerprint density at radius 1 is 1.33 bits per heavy atom. The molecule has 1 heteroatoms. The molecule has 12 heavy (non-hydrogen) atoms. The minimum Gasteiger partial charge on any atom is -0.0930 e. The largest absolute Gasteiger partial charge is 0.0930 e. The summed E-state index contributed by atoms with van der Waals surface area (Å²) in [5.41, 5.74) is 4.26. The fourth-order valence-electron chi connectivity index (χ4n) is 1.04. The molecule has 0 spiro atoms. The summed E-state index contributed by atoms with van der Waals surface area (Å²) in [5, 5.41) is 0. The van der Waals surface area contributed by atoms with Crippen LogP contribution in [0.3, 0.4) is 0 Å². The molecule has 0 aliphatic carbocycles. The van der Waals surface area contributed by atoms with Crippen molar-refractivity contribution in [3.05, 3.63) is 47.0 Å². The lowest BCUT2D eigenvalue weighted by Crippen LogP contribution is -1.84. The minimum absolute atomic E-state index is 1.05. The lowest BCUT2D eigenvalue weighted by molar-refractivity contribution is 0.944. The molecular formula is C11H13Cl. The van der Waals surface area contributed by atoms with Crippen molar-refractivity contribution in [3.63, 3.8) is 0 Å². The van der Waals surface area contributed by atoms with Crippen LogP contribution in [0.1, 0.15) is 18.9 Å². The number of benzene rings is 1. The highest BCUT2D eigenvalue weighted by atomic mass is 35.5. The second-order valence-electron chi connectivity index (χ2n) is 2.94. The van der Waals surface area contributed by atoms with E-state index < -0.39 is 0 Å². The molecule has 0 saturated carbocycles. The summed E-state index contributed by atoms with van der Waals surface area (Å²) in [7, 11) is 0. The van der Waals surface area contributed by atoms with E-state index in [1.165, 1.54) is 11.1 Å². The Hall–Kier alpha value is -0.750. The SMILES string of the molecule is C/C(=C/Cl)CCc1ccccc1. The number of hydrogen-bond donors (Lipinski definition) is 0. The average Bonchev–Trinajstić information content (AvgIpc) is 2.16. The highest BCUT2D eigenvalue weighted by molar-refractivity contribution is 6.25. The fraction of sp³-hybridized carbons (Fsp3) is 0.273. The molecule has 0 saturated heterocycles. The topological polar surface area (TPSA) is 0 Å². The van der Waals surface area contributed by atoms with E-state index >= 15 is 0 Å². The Morgan fingerprint density at radius 3 is 2.58 bits per heavy atom. The zero-order valence-corrected chi connectivity index (χ0v) is 8.01. The first-order valence-corrected chi connectivity index (χ1v) is 4.56. The molecule has 0 aliphatic heterocycles. The van der Waals surface area contributed by atoms with Crippen LogP contribution in [-0.4, -0.2) is 0 Å². The van der Waals surface area contributed by atoms with Crippen LogP contribution in [0.25, 0.3) is 0 Å². The third-order valence-corrected chi connectivity index (χ3v) is 2.21. The molecule has 0 bridgehead atoms. The van der Waals surface area contributed by atoms with Gasteiger partial charge < -0.3 is 0 Å². The quantitative estimate of drug-likeness (QED) is 0.665. The van der Waals surface area contributed by atoms with Gasteiger partial charge in [0.25, 0.3) is 0 Å². The Balaban J connectivity index is 2.44. The normalized spacial score (nSPS) is 11.7. The van der Waals surface area contributed by atoms with Gasteiger partial charge in [0, 0.05) is 5.54 Å². The molecular weight excluding hydrogens is 168 g/mol. The molecule has 64 valence electrons. The fourth-order valence-corrected chi connectivity index (χ4v) is 1.15. The number of halogens is 1. The molecule has 1 rings (SSSR count). The van der Waals surface area contributed by atoms with E-state index in [0.717, 1.165) is 12.8 Å². The van der Waals surface area contributed by atoms with Crippen molar-refractivity contribution in [1.29, 1.82) is 0 Å². The molecule has 0 nitrogen and oxygen atoms in total. The van der Waals surface area contributed by atoms with Crippen molar-refractivity contribution in [3.8, 4) is 0 Å². The van der Waals surface area contributed by atoms with E-state index in [2.05, 4.69) is 31.2 Å². The highest BCUT2D eigenvalue weighted by Gasteiger charge is 1.92. The van der Waals surface area contributed by atoms with Gasteiger partial charge in [0.15, 0.2) is 0 Å². The summed E-state index contributed by atoms with van der Waals surface area (Å²) in [5.74, 6) is 0. The second-order valence-corrected chi connectivity index (χ2v) is 3.16. The first-order valence-electron chi connectivity index (χ1n) is 4.12. The highest BCUT2D eigenvalue weighted by Crippen LogP contribution is 2.08. The third-order valence-electron chi connectivity index (χ3n) is 1.84. The minimum atomic E-state index is 1.05. The molecule has 0 N–H and O–H groups in total. The van der Waals surface area contributed by atoms with Gasteiger partial charge in [-0.3, -0.25) is 0 Å². The zero-order chi connectivity index (χ0) is 8.81. The average molecular weight is 181 g/mol. The zero-order valence-electron chi connectivity index (χ0n) is 7.26. The van der Waals surface area contributed by atoms with E-state index in [1.807, 2.05) is 6.07 Å². The van der Waals surface area contributed by atoms with Crippen LogP contribution >= 0.6 is 11.6 Å². The van der Waals surface area contributed by atoms with Gasteiger partial charge in [-0.05, 0) is 25.3 Å². The Labute approximate surface area is 78.9 Å². The van der Waals surface area contributed by atoms with Crippen LogP contribution in [0.2, 0.25) is 0 Å². The van der Waals surface area contributed by atoms with Crippen LogP contribution < -0.4 is 0 Å². The van der Waals surface area contributed by atoms with E-state index in [-0.39, 0.29) is 0 Å². The van der Waals surface area contributed by atoms with Gasteiger partial charge in [-0.2, -0.15) is 0 Å². The molecule has 1 aromatic carbocycles. The maximum Gasteiger partial charge on any atom is 0.00318 e. The summed E-state index contributed by atoms with van der Waals surface area (Å²) < 4.78 is 0. The van der Waals surface area contributed by atoms with Crippen molar-refractivity contribution in [2.75, 3.05) is 0 Å². The summed E-state index contributed by atoms with van der Waals surface area (Å²) >= 11 is 5.56. The molecule has 0 radical (unpaired) electrons. The number of hydrogen-bond acceptors (Lipinski definition) is 0. The molecule has 0 atom stereocenters. The van der Waals surface area contributed by atoms with Crippen LogP contribution in [0.15, 0.2) is 41.4 Å². The van der Waals surface area contributed by atoms with E-state index in [9.17, 15) is 0 Å². The standard InChI is InChI=1S/C11H13Cl/c1-10(9-12)7-8-11-5-3-2-4-6-11/h2-6,9H,7-8H2,1H3/b10-9-. The predicted molar refractivity (Wildman–Crippen MR) is 54.4 cm³/mol. The summed E-state index contributed by atoms with van der Waals surface area (Å²) in [6.07, 6.45) is 2.13. The number of aryl methyl sites for hydroxylation is 1. The van der Waals surface area contributed by atoms with Crippen LogP contribution in [0.5, 0.6) is 0 Å². The van der Waals surface area contributed by atoms with E-state index in [1.54, 1.807) is 5.54 Å². The monoisotopic (exact) mass is 180 g/mol. The van der Waals surface area contributed by atoms with Crippen LogP contribution in [-0.2, 0) is 6.42 Å². The summed E-state index contributed by atoms with van der Waals surface area (Å²) in [6, 6.07) is 10.4. The van der Waals surface area contributed by atoms with Gasteiger partial charge in [-0.15, -0.1) is 0 Å². The summed E-state index contributed by atoms with van der Waals surface area (Å²) in [4.78, 5) is 0. The lowest BCUT2D eigenvalue weighted by atomic mass is 10.1. The Bertz CT molecular complexity index is 249. The molecule has 0 aromatic heterocycles. The van der Waals surface area contributed by atoms with Gasteiger partial charge in [-0.1, -0.05) is 47.5 Å². The number of allylic oxidation sites excluding steroid dienone is 1. The molecule has 0 heterocycles. The van der Waals surface area contributed by atoms with Gasteiger partial charge >= 0.3 is 0 Å². The molecule has 0 amide bonds. The predicted octanol–water partition coefficient (Wildman–Crippen LogP) is 3.76. The van der Waals surface area contributed by atoms with Crippen LogP contribution in [0, 0.1) is 0 Å². The summed E-state index contributed by atoms with van der Waals surface area (Å²) in [6.45, 7) is 2.05. The lowest BCUT2D eigenvalue weighted by Gasteiger charge is -1.99. The van der Waals surface area contributed by atoms with Crippen molar-refractivity contribution in [1.82, 2.24) is 0 Å². The van der Waals surface area contributed by atoms with Crippen molar-refractivity contribution < 1.29 is 0 Å². The van der Waals surface area contributed by atoms with Crippen molar-refractivity contribution in [2.24, 2.45) is 0 Å². The maximum atomic E-state index is 5.56.